The van der Waals surface area contributed by atoms with Gasteiger partial charge in [0.05, 0.1) is 7.11 Å². The van der Waals surface area contributed by atoms with E-state index in [1.165, 1.54) is 5.56 Å². The second kappa shape index (κ2) is 7.92. The van der Waals surface area contributed by atoms with Gasteiger partial charge in [-0.15, -0.1) is 0 Å². The summed E-state index contributed by atoms with van der Waals surface area (Å²) in [6, 6.07) is 15.9. The minimum atomic E-state index is 0.639. The summed E-state index contributed by atoms with van der Waals surface area (Å²) < 4.78 is 11.8. The molecule has 0 saturated heterocycles. The Morgan fingerprint density at radius 3 is 2.50 bits per heavy atom. The monoisotopic (exact) mass is 335 g/mol. The summed E-state index contributed by atoms with van der Waals surface area (Å²) >= 11 is 3.46. The van der Waals surface area contributed by atoms with Crippen molar-refractivity contribution in [2.45, 2.75) is 6.54 Å². The van der Waals surface area contributed by atoms with Crippen molar-refractivity contribution in [1.29, 1.82) is 0 Å². The Balaban J connectivity index is 1.66. The van der Waals surface area contributed by atoms with Crippen molar-refractivity contribution < 1.29 is 9.47 Å². The molecule has 106 valence electrons. The smallest absolute Gasteiger partial charge is 0.119 e. The molecule has 3 nitrogen and oxygen atoms in total. The fourth-order valence-corrected chi connectivity index (χ4v) is 2.24. The molecule has 0 bridgehead atoms. The van der Waals surface area contributed by atoms with E-state index in [0.29, 0.717) is 6.61 Å². The highest BCUT2D eigenvalue weighted by Gasteiger charge is 1.96. The molecule has 0 spiro atoms. The molecule has 2 aromatic rings. The van der Waals surface area contributed by atoms with Gasteiger partial charge in [0.25, 0.3) is 0 Å². The maximum atomic E-state index is 5.64. The molecule has 2 rings (SSSR count). The van der Waals surface area contributed by atoms with E-state index in [0.717, 1.165) is 29.1 Å². The van der Waals surface area contributed by atoms with Crippen LogP contribution < -0.4 is 14.8 Å². The summed E-state index contributed by atoms with van der Waals surface area (Å²) in [6.45, 7) is 2.28. The summed E-state index contributed by atoms with van der Waals surface area (Å²) in [5.74, 6) is 1.69. The molecule has 0 aliphatic heterocycles. The largest absolute Gasteiger partial charge is 0.497 e. The van der Waals surface area contributed by atoms with Gasteiger partial charge < -0.3 is 14.8 Å². The van der Waals surface area contributed by atoms with Crippen LogP contribution in [0.3, 0.4) is 0 Å². The SMILES string of the molecule is COc1ccc(OCCNCc2cccc(Br)c2)cc1. The number of hydrogen-bond acceptors (Lipinski definition) is 3. The van der Waals surface area contributed by atoms with E-state index in [1.54, 1.807) is 7.11 Å². The zero-order valence-corrected chi connectivity index (χ0v) is 13.0. The van der Waals surface area contributed by atoms with Crippen molar-refractivity contribution in [3.63, 3.8) is 0 Å². The van der Waals surface area contributed by atoms with Gasteiger partial charge in [-0.3, -0.25) is 0 Å². The third-order valence-electron chi connectivity index (χ3n) is 2.83. The lowest BCUT2D eigenvalue weighted by atomic mass is 10.2. The minimum absolute atomic E-state index is 0.639. The van der Waals surface area contributed by atoms with Crippen LogP contribution in [-0.4, -0.2) is 20.3 Å². The van der Waals surface area contributed by atoms with Gasteiger partial charge in [0, 0.05) is 17.6 Å². The maximum absolute atomic E-state index is 5.64. The van der Waals surface area contributed by atoms with Crippen molar-refractivity contribution in [2.24, 2.45) is 0 Å². The Morgan fingerprint density at radius 1 is 1.05 bits per heavy atom. The Kier molecular flexibility index (Phi) is 5.89. The molecule has 4 heteroatoms. The molecular weight excluding hydrogens is 318 g/mol. The summed E-state index contributed by atoms with van der Waals surface area (Å²) in [6.07, 6.45) is 0. The number of rotatable bonds is 7. The third kappa shape index (κ3) is 4.87. The van der Waals surface area contributed by atoms with Crippen LogP contribution in [0, 0.1) is 0 Å². The van der Waals surface area contributed by atoms with Gasteiger partial charge in [-0.2, -0.15) is 0 Å². The molecule has 0 heterocycles. The predicted molar refractivity (Wildman–Crippen MR) is 84.3 cm³/mol. The van der Waals surface area contributed by atoms with Crippen molar-refractivity contribution in [2.75, 3.05) is 20.3 Å². The average molecular weight is 336 g/mol. The first-order valence-electron chi connectivity index (χ1n) is 6.50. The molecule has 0 aromatic heterocycles. The van der Waals surface area contributed by atoms with Gasteiger partial charge in [0.1, 0.15) is 18.1 Å². The lowest BCUT2D eigenvalue weighted by molar-refractivity contribution is 0.313. The molecule has 2 aromatic carbocycles. The van der Waals surface area contributed by atoms with Gasteiger partial charge in [-0.25, -0.2) is 0 Å². The first-order valence-corrected chi connectivity index (χ1v) is 7.29. The van der Waals surface area contributed by atoms with Crippen molar-refractivity contribution in [1.82, 2.24) is 5.32 Å². The van der Waals surface area contributed by atoms with Crippen LogP contribution in [0.5, 0.6) is 11.5 Å². The molecule has 0 aliphatic rings. The van der Waals surface area contributed by atoms with Gasteiger partial charge in [0.15, 0.2) is 0 Å². The van der Waals surface area contributed by atoms with E-state index in [4.69, 9.17) is 9.47 Å². The molecule has 0 unspecified atom stereocenters. The Labute approximate surface area is 128 Å². The van der Waals surface area contributed by atoms with E-state index >= 15 is 0 Å². The third-order valence-corrected chi connectivity index (χ3v) is 3.32. The van der Waals surface area contributed by atoms with E-state index in [1.807, 2.05) is 36.4 Å². The van der Waals surface area contributed by atoms with Crippen LogP contribution in [0.1, 0.15) is 5.56 Å². The molecule has 0 saturated carbocycles. The average Bonchev–Trinajstić information content (AvgIpc) is 2.48. The summed E-state index contributed by atoms with van der Waals surface area (Å²) in [7, 11) is 1.65. The van der Waals surface area contributed by atoms with E-state index in [9.17, 15) is 0 Å². The van der Waals surface area contributed by atoms with Crippen LogP contribution >= 0.6 is 15.9 Å². The van der Waals surface area contributed by atoms with Crippen molar-refractivity contribution >= 4 is 15.9 Å². The van der Waals surface area contributed by atoms with Gasteiger partial charge in [-0.05, 0) is 42.0 Å². The second-order valence-corrected chi connectivity index (χ2v) is 5.25. The quantitative estimate of drug-likeness (QED) is 0.784. The highest BCUT2D eigenvalue weighted by molar-refractivity contribution is 9.10. The standard InChI is InChI=1S/C16H18BrNO2/c1-19-15-5-7-16(8-6-15)20-10-9-18-12-13-3-2-4-14(17)11-13/h2-8,11,18H,9-10,12H2,1H3. The number of halogens is 1. The molecular formula is C16H18BrNO2. The van der Waals surface area contributed by atoms with Crippen LogP contribution in [0.4, 0.5) is 0 Å². The number of nitrogens with one attached hydrogen (secondary N) is 1. The van der Waals surface area contributed by atoms with Crippen molar-refractivity contribution in [3.05, 3.63) is 58.6 Å². The Bertz CT molecular complexity index is 528. The van der Waals surface area contributed by atoms with Crippen LogP contribution in [0.15, 0.2) is 53.0 Å². The number of methoxy groups -OCH3 is 1. The zero-order valence-electron chi connectivity index (χ0n) is 11.4. The lowest BCUT2D eigenvalue weighted by Crippen LogP contribution is -2.20. The van der Waals surface area contributed by atoms with Crippen molar-refractivity contribution in [3.8, 4) is 11.5 Å². The Hall–Kier alpha value is -1.52. The summed E-state index contributed by atoms with van der Waals surface area (Å²) in [5.41, 5.74) is 1.25. The van der Waals surface area contributed by atoms with E-state index < -0.39 is 0 Å². The highest BCUT2D eigenvalue weighted by Crippen LogP contribution is 2.16. The molecule has 1 N–H and O–H groups in total. The van der Waals surface area contributed by atoms with Crippen LogP contribution in [0.2, 0.25) is 0 Å². The second-order valence-electron chi connectivity index (χ2n) is 4.33. The number of hydrogen-bond donors (Lipinski definition) is 1. The first kappa shape index (κ1) is 14.9. The predicted octanol–water partition coefficient (Wildman–Crippen LogP) is 3.63. The summed E-state index contributed by atoms with van der Waals surface area (Å²) in [4.78, 5) is 0. The lowest BCUT2D eigenvalue weighted by Gasteiger charge is -2.08. The van der Waals surface area contributed by atoms with Gasteiger partial charge in [-0.1, -0.05) is 28.1 Å². The van der Waals surface area contributed by atoms with Gasteiger partial charge >= 0.3 is 0 Å². The molecule has 0 aliphatic carbocycles. The fourth-order valence-electron chi connectivity index (χ4n) is 1.79. The minimum Gasteiger partial charge on any atom is -0.497 e. The molecule has 0 amide bonds. The normalized spacial score (nSPS) is 10.3. The topological polar surface area (TPSA) is 30.5 Å². The summed E-state index contributed by atoms with van der Waals surface area (Å²) in [5, 5.41) is 3.35. The van der Waals surface area contributed by atoms with Gasteiger partial charge in [0.2, 0.25) is 0 Å². The number of benzene rings is 2. The van der Waals surface area contributed by atoms with Crippen LogP contribution in [0.25, 0.3) is 0 Å². The number of ether oxygens (including phenoxy) is 2. The van der Waals surface area contributed by atoms with Crippen LogP contribution in [-0.2, 0) is 6.54 Å². The molecule has 0 radical (unpaired) electrons. The molecule has 0 fully saturated rings. The molecule has 0 atom stereocenters. The van der Waals surface area contributed by atoms with E-state index in [-0.39, 0.29) is 0 Å². The fraction of sp³-hybridized carbons (Fsp3) is 0.250. The first-order chi connectivity index (χ1) is 9.78. The molecule has 20 heavy (non-hydrogen) atoms. The highest BCUT2D eigenvalue weighted by atomic mass is 79.9. The Morgan fingerprint density at radius 2 is 1.80 bits per heavy atom. The van der Waals surface area contributed by atoms with E-state index in [2.05, 4.69) is 33.4 Å². The maximum Gasteiger partial charge on any atom is 0.119 e. The zero-order chi connectivity index (χ0) is 14.2.